The highest BCUT2D eigenvalue weighted by atomic mass is 32.2. The topological polar surface area (TPSA) is 88.1 Å². The number of hydrogen-bond donors (Lipinski definition) is 2. The maximum Gasteiger partial charge on any atom is 0.573 e. The van der Waals surface area contributed by atoms with Gasteiger partial charge in [0.2, 0.25) is 0 Å². The first-order valence-corrected chi connectivity index (χ1v) is 12.8. The fourth-order valence-electron chi connectivity index (χ4n) is 3.63. The number of aryl methyl sites for hydroxylation is 2. The van der Waals surface area contributed by atoms with E-state index in [4.69, 9.17) is 4.74 Å². The molecule has 1 aromatic heterocycles. The minimum Gasteiger partial charge on any atom is -0.486 e. The molecular weight excluding hydrogens is 531 g/mol. The van der Waals surface area contributed by atoms with E-state index in [1.165, 1.54) is 42.4 Å². The maximum atomic E-state index is 12.4. The number of nitrogens with zero attached hydrogens (tertiary/aromatic N) is 3. The van der Waals surface area contributed by atoms with Crippen molar-refractivity contribution < 1.29 is 27.4 Å². The average molecular weight is 562 g/mol. The first-order valence-electron chi connectivity index (χ1n) is 12.0. The molecule has 0 bridgehead atoms. The number of alkyl halides is 3. The van der Waals surface area contributed by atoms with Gasteiger partial charge in [0.05, 0.1) is 11.9 Å². The van der Waals surface area contributed by atoms with E-state index in [2.05, 4.69) is 38.8 Å². The van der Waals surface area contributed by atoms with Crippen molar-refractivity contribution in [1.29, 1.82) is 0 Å². The molecule has 0 unspecified atom stereocenters. The molecule has 0 spiro atoms. The largest absolute Gasteiger partial charge is 0.573 e. The molecule has 0 aliphatic carbocycles. The molecular formula is C27H30F3N5O3S. The highest BCUT2D eigenvalue weighted by Crippen LogP contribution is 2.31. The van der Waals surface area contributed by atoms with Crippen LogP contribution in [0, 0.1) is 13.8 Å². The predicted octanol–water partition coefficient (Wildman–Crippen LogP) is 6.86. The van der Waals surface area contributed by atoms with Crippen LogP contribution in [0.1, 0.15) is 36.6 Å². The Hall–Kier alpha value is -3.93. The fourth-order valence-corrected chi connectivity index (χ4v) is 4.45. The summed E-state index contributed by atoms with van der Waals surface area (Å²) in [4.78, 5) is 19.3. The minimum atomic E-state index is -4.74. The van der Waals surface area contributed by atoms with E-state index in [0.29, 0.717) is 28.9 Å². The summed E-state index contributed by atoms with van der Waals surface area (Å²) in [6.07, 6.45) is -3.32. The smallest absolute Gasteiger partial charge is 0.486 e. The number of ether oxygens (including phenoxy) is 2. The number of carbonyl (C=O) groups is 1. The summed E-state index contributed by atoms with van der Waals surface area (Å²) in [5, 5.41) is 3.90. The number of benzene rings is 2. The Balaban J connectivity index is 1.51. The highest BCUT2D eigenvalue weighted by Gasteiger charge is 2.31. The quantitative estimate of drug-likeness (QED) is 0.160. The number of rotatable bonds is 10. The second kappa shape index (κ2) is 13.2. The van der Waals surface area contributed by atoms with Gasteiger partial charge >= 0.3 is 12.4 Å². The van der Waals surface area contributed by atoms with Crippen LogP contribution in [0.2, 0.25) is 0 Å². The Kier molecular flexibility index (Phi) is 10.0. The second-order valence-corrected chi connectivity index (χ2v) is 9.62. The molecule has 1 heterocycles. The maximum absolute atomic E-state index is 12.4. The van der Waals surface area contributed by atoms with Gasteiger partial charge in [0, 0.05) is 17.6 Å². The van der Waals surface area contributed by atoms with Crippen LogP contribution in [-0.2, 0) is 0 Å². The number of pyridine rings is 1. The fraction of sp³-hybridized carbons (Fsp3) is 0.296. The molecule has 3 rings (SSSR count). The lowest BCUT2D eigenvalue weighted by atomic mass is 10.0. The van der Waals surface area contributed by atoms with Crippen LogP contribution in [0.4, 0.5) is 29.5 Å². The molecule has 2 N–H and O–H groups in total. The van der Waals surface area contributed by atoms with Gasteiger partial charge in [-0.15, -0.1) is 13.2 Å². The Bertz CT molecular complexity index is 1280. The number of hydrogen-bond acceptors (Lipinski definition) is 7. The molecule has 2 aromatic carbocycles. The van der Waals surface area contributed by atoms with Gasteiger partial charge in [0.1, 0.15) is 23.9 Å². The summed E-state index contributed by atoms with van der Waals surface area (Å²) in [5.41, 5.74) is 5.60. The number of carbonyl (C=O) groups excluding carboxylic acids is 1. The normalized spacial score (nSPS) is 11.5. The molecule has 8 nitrogen and oxygen atoms in total. The Morgan fingerprint density at radius 2 is 1.85 bits per heavy atom. The zero-order chi connectivity index (χ0) is 28.6. The molecule has 0 saturated carbocycles. The molecule has 208 valence electrons. The van der Waals surface area contributed by atoms with Gasteiger partial charge in [-0.25, -0.2) is 15.2 Å². The highest BCUT2D eigenvalue weighted by molar-refractivity contribution is 7.98. The van der Waals surface area contributed by atoms with Crippen molar-refractivity contribution in [2.75, 3.05) is 18.6 Å². The van der Waals surface area contributed by atoms with Gasteiger partial charge < -0.3 is 14.4 Å². The van der Waals surface area contributed by atoms with Crippen LogP contribution >= 0.6 is 11.9 Å². The monoisotopic (exact) mass is 561 g/mol. The molecule has 2 amide bonds. The number of hydrazone groups is 1. The Morgan fingerprint density at radius 3 is 2.49 bits per heavy atom. The molecule has 0 radical (unpaired) electrons. The number of anilines is 2. The minimum absolute atomic E-state index is 0.100. The number of halogens is 3. The molecule has 3 aromatic rings. The van der Waals surface area contributed by atoms with Crippen molar-refractivity contribution in [2.24, 2.45) is 5.10 Å². The summed E-state index contributed by atoms with van der Waals surface area (Å²) in [5.74, 6) is 1.19. The van der Waals surface area contributed by atoms with E-state index < -0.39 is 12.4 Å². The van der Waals surface area contributed by atoms with Gasteiger partial charge in [0.15, 0.2) is 0 Å². The van der Waals surface area contributed by atoms with Gasteiger partial charge in [-0.05, 0) is 79.2 Å². The first kappa shape index (κ1) is 29.6. The third-order valence-electron chi connectivity index (χ3n) is 5.47. The lowest BCUT2D eigenvalue weighted by Crippen LogP contribution is -2.27. The van der Waals surface area contributed by atoms with Crippen LogP contribution in [0.15, 0.2) is 64.6 Å². The molecule has 0 fully saturated rings. The number of nitrogens with one attached hydrogen (secondary N) is 2. The molecule has 0 aliphatic rings. The van der Waals surface area contributed by atoms with E-state index >= 15 is 0 Å². The number of aromatic nitrogens is 1. The summed E-state index contributed by atoms with van der Waals surface area (Å²) in [6.45, 7) is 7.93. The average Bonchev–Trinajstić information content (AvgIpc) is 2.87. The molecule has 0 saturated heterocycles. The molecule has 12 heteroatoms. The van der Waals surface area contributed by atoms with Crippen LogP contribution in [0.3, 0.4) is 0 Å². The summed E-state index contributed by atoms with van der Waals surface area (Å²) in [7, 11) is 1.75. The zero-order valence-electron chi connectivity index (χ0n) is 22.2. The van der Waals surface area contributed by atoms with Gasteiger partial charge in [-0.1, -0.05) is 32.0 Å². The summed E-state index contributed by atoms with van der Waals surface area (Å²) < 4.78 is 49.6. The van der Waals surface area contributed by atoms with Crippen LogP contribution in [-0.4, -0.2) is 37.2 Å². The van der Waals surface area contributed by atoms with E-state index in [-0.39, 0.29) is 12.4 Å². The third kappa shape index (κ3) is 8.81. The van der Waals surface area contributed by atoms with Crippen molar-refractivity contribution in [3.05, 3.63) is 71.4 Å². The van der Waals surface area contributed by atoms with Crippen molar-refractivity contribution in [3.8, 4) is 11.5 Å². The molecule has 39 heavy (non-hydrogen) atoms. The van der Waals surface area contributed by atoms with E-state index in [9.17, 15) is 18.0 Å². The summed E-state index contributed by atoms with van der Waals surface area (Å²) >= 11 is 1.22. The zero-order valence-corrected chi connectivity index (χ0v) is 23.0. The standard InChI is InChI=1S/C27H30F3N5O3S/c1-17(2)22-8-6-7-9-23(22)39-34-26(36)33-31-14-15-37-25-18(3)16-24(32-19(25)4)35(5)20-10-12-21(13-11-20)38-27(28,29)30/h6-14,16-17H,15H2,1-5H3,(H2,33,34,36)/b31-14+. The number of amides is 2. The van der Waals surface area contributed by atoms with Crippen molar-refractivity contribution >= 4 is 35.7 Å². The van der Waals surface area contributed by atoms with Crippen molar-refractivity contribution in [3.63, 3.8) is 0 Å². The Labute approximate surface area is 229 Å². The van der Waals surface area contributed by atoms with E-state index in [0.717, 1.165) is 16.0 Å². The lowest BCUT2D eigenvalue weighted by molar-refractivity contribution is -0.274. The van der Waals surface area contributed by atoms with Crippen molar-refractivity contribution in [2.45, 2.75) is 44.9 Å². The van der Waals surface area contributed by atoms with Gasteiger partial charge in [0.25, 0.3) is 0 Å². The van der Waals surface area contributed by atoms with Crippen molar-refractivity contribution in [1.82, 2.24) is 15.1 Å². The van der Waals surface area contributed by atoms with Crippen LogP contribution < -0.4 is 24.5 Å². The lowest BCUT2D eigenvalue weighted by Gasteiger charge is -2.21. The molecule has 0 atom stereocenters. The number of urea groups is 1. The SMILES string of the molecule is Cc1cc(N(C)c2ccc(OC(F)(F)F)cc2)nc(C)c1OC/C=N/NC(=O)NSc1ccccc1C(C)C. The van der Waals surface area contributed by atoms with E-state index in [1.54, 1.807) is 24.9 Å². The third-order valence-corrected chi connectivity index (χ3v) is 6.35. The second-order valence-electron chi connectivity index (χ2n) is 8.77. The molecule has 0 aliphatic heterocycles. The van der Waals surface area contributed by atoms with Gasteiger partial charge in [-0.3, -0.25) is 4.72 Å². The first-order chi connectivity index (χ1) is 18.4. The predicted molar refractivity (Wildman–Crippen MR) is 147 cm³/mol. The van der Waals surface area contributed by atoms with Gasteiger partial charge in [-0.2, -0.15) is 5.10 Å². The summed E-state index contributed by atoms with van der Waals surface area (Å²) in [6, 6.07) is 14.7. The Morgan fingerprint density at radius 1 is 1.15 bits per heavy atom. The van der Waals surface area contributed by atoms with Crippen LogP contribution in [0.25, 0.3) is 0 Å². The van der Waals surface area contributed by atoms with E-state index in [1.807, 2.05) is 31.2 Å². The van der Waals surface area contributed by atoms with Crippen LogP contribution in [0.5, 0.6) is 11.5 Å².